The van der Waals surface area contributed by atoms with Crippen molar-refractivity contribution in [2.45, 2.75) is 64.6 Å². The lowest BCUT2D eigenvalue weighted by Gasteiger charge is -2.32. The fourth-order valence-corrected chi connectivity index (χ4v) is 3.29. The van der Waals surface area contributed by atoms with Gasteiger partial charge in [0.05, 0.1) is 22.7 Å². The lowest BCUT2D eigenvalue weighted by atomic mass is 9.79. The van der Waals surface area contributed by atoms with Gasteiger partial charge in [-0.2, -0.15) is 8.42 Å². The Morgan fingerprint density at radius 2 is 1.62 bits per heavy atom. The van der Waals surface area contributed by atoms with Crippen LogP contribution in [0.25, 0.3) is 0 Å². The van der Waals surface area contributed by atoms with Gasteiger partial charge in [-0.15, -0.1) is 0 Å². The number of hydrogen-bond acceptors (Lipinski definition) is 5. The standard InChI is InChI=1S/C17H27BO5S/c1-15(2,3)12-21-24(19,20)14-10-8-9-13(11-14)18-22-16(4,5)17(6,7)23-18/h8-11H,12H2,1-7H3. The van der Waals surface area contributed by atoms with Gasteiger partial charge in [0.15, 0.2) is 0 Å². The Morgan fingerprint density at radius 3 is 2.12 bits per heavy atom. The average molecular weight is 354 g/mol. The second kappa shape index (κ2) is 6.13. The zero-order valence-corrected chi connectivity index (χ0v) is 16.4. The summed E-state index contributed by atoms with van der Waals surface area (Å²) in [7, 11) is -4.42. The SMILES string of the molecule is CC(C)(C)COS(=O)(=O)c1cccc(B2OC(C)(C)C(C)(C)O2)c1. The first-order chi connectivity index (χ1) is 10.7. The molecule has 5 nitrogen and oxygen atoms in total. The predicted molar refractivity (Wildman–Crippen MR) is 94.8 cm³/mol. The Hall–Kier alpha value is -0.885. The van der Waals surface area contributed by atoms with E-state index in [1.807, 2.05) is 48.5 Å². The third kappa shape index (κ3) is 4.20. The van der Waals surface area contributed by atoms with Gasteiger partial charge in [0.2, 0.25) is 0 Å². The molecule has 0 N–H and O–H groups in total. The molecular formula is C17H27BO5S. The molecule has 0 atom stereocenters. The van der Waals surface area contributed by atoms with Crippen molar-refractivity contribution in [3.8, 4) is 0 Å². The van der Waals surface area contributed by atoms with Crippen LogP contribution in [0.1, 0.15) is 48.5 Å². The summed E-state index contributed by atoms with van der Waals surface area (Å²) in [4.78, 5) is 0.110. The average Bonchev–Trinajstić information content (AvgIpc) is 2.65. The molecule has 1 aromatic rings. The maximum absolute atomic E-state index is 12.4. The van der Waals surface area contributed by atoms with Crippen molar-refractivity contribution in [2.75, 3.05) is 6.61 Å². The second-order valence-electron chi connectivity index (χ2n) is 8.44. The lowest BCUT2D eigenvalue weighted by Crippen LogP contribution is -2.41. The zero-order chi connectivity index (χ0) is 18.4. The highest BCUT2D eigenvalue weighted by Gasteiger charge is 2.51. The van der Waals surface area contributed by atoms with Crippen molar-refractivity contribution in [2.24, 2.45) is 5.41 Å². The molecule has 0 amide bonds. The van der Waals surface area contributed by atoms with E-state index in [2.05, 4.69) is 0 Å². The summed E-state index contributed by atoms with van der Waals surface area (Å²) in [6.07, 6.45) is 0. The van der Waals surface area contributed by atoms with Crippen molar-refractivity contribution in [1.29, 1.82) is 0 Å². The van der Waals surface area contributed by atoms with Gasteiger partial charge in [-0.3, -0.25) is 4.18 Å². The van der Waals surface area contributed by atoms with Crippen LogP contribution in [0.4, 0.5) is 0 Å². The second-order valence-corrected chi connectivity index (χ2v) is 10.1. The molecule has 0 bridgehead atoms. The van der Waals surface area contributed by atoms with Crippen molar-refractivity contribution in [1.82, 2.24) is 0 Å². The van der Waals surface area contributed by atoms with E-state index in [-0.39, 0.29) is 16.9 Å². The summed E-state index contributed by atoms with van der Waals surface area (Å²) < 4.78 is 41.9. The van der Waals surface area contributed by atoms with Crippen molar-refractivity contribution >= 4 is 22.7 Å². The summed E-state index contributed by atoms with van der Waals surface area (Å²) in [5.41, 5.74) is -0.532. The lowest BCUT2D eigenvalue weighted by molar-refractivity contribution is 0.00578. The van der Waals surface area contributed by atoms with Gasteiger partial charge < -0.3 is 9.31 Å². The first-order valence-corrected chi connectivity index (χ1v) is 9.49. The molecule has 24 heavy (non-hydrogen) atoms. The molecule has 0 unspecified atom stereocenters. The summed E-state index contributed by atoms with van der Waals surface area (Å²) in [6, 6.07) is 6.55. The quantitative estimate of drug-likeness (QED) is 0.615. The van der Waals surface area contributed by atoms with Crippen LogP contribution >= 0.6 is 0 Å². The predicted octanol–water partition coefficient (Wildman–Crippen LogP) is 2.74. The normalized spacial score (nSPS) is 20.4. The molecule has 2 rings (SSSR count). The Kier molecular flexibility index (Phi) is 4.96. The van der Waals surface area contributed by atoms with Gasteiger partial charge in [-0.1, -0.05) is 32.9 Å². The molecule has 1 aliphatic heterocycles. The monoisotopic (exact) mass is 354 g/mol. The Labute approximate surface area is 146 Å². The Bertz CT molecular complexity index is 688. The Balaban J connectivity index is 2.24. The molecule has 7 heteroatoms. The van der Waals surface area contributed by atoms with Crippen molar-refractivity contribution < 1.29 is 21.9 Å². The highest BCUT2D eigenvalue weighted by Crippen LogP contribution is 2.36. The van der Waals surface area contributed by atoms with Crippen LogP contribution in [0, 0.1) is 5.41 Å². The molecule has 0 aromatic heterocycles. The largest absolute Gasteiger partial charge is 0.494 e. The van der Waals surface area contributed by atoms with Gasteiger partial charge in [0, 0.05) is 0 Å². The number of hydrogen-bond donors (Lipinski definition) is 0. The van der Waals surface area contributed by atoms with Crippen LogP contribution in [0.3, 0.4) is 0 Å². The van der Waals surface area contributed by atoms with E-state index in [0.29, 0.717) is 5.46 Å². The molecule has 0 aliphatic carbocycles. The van der Waals surface area contributed by atoms with Crippen LogP contribution in [0.2, 0.25) is 0 Å². The summed E-state index contributed by atoms with van der Waals surface area (Å²) in [5.74, 6) is 0. The van der Waals surface area contributed by atoms with Gasteiger partial charge in [0.25, 0.3) is 10.1 Å². The molecule has 0 spiro atoms. The molecule has 0 saturated carbocycles. The van der Waals surface area contributed by atoms with Crippen LogP contribution in [-0.2, 0) is 23.6 Å². The van der Waals surface area contributed by atoms with E-state index in [0.717, 1.165) is 0 Å². The van der Waals surface area contributed by atoms with Gasteiger partial charge >= 0.3 is 7.12 Å². The maximum Gasteiger partial charge on any atom is 0.494 e. The molecule has 1 aromatic carbocycles. The number of rotatable bonds is 4. The van der Waals surface area contributed by atoms with E-state index in [9.17, 15) is 8.42 Å². The van der Waals surface area contributed by atoms with E-state index < -0.39 is 28.4 Å². The van der Waals surface area contributed by atoms with E-state index in [1.165, 1.54) is 6.07 Å². The molecule has 1 aliphatic rings. The fourth-order valence-electron chi connectivity index (χ4n) is 2.12. The first kappa shape index (κ1) is 19.4. The van der Waals surface area contributed by atoms with Crippen molar-refractivity contribution in [3.63, 3.8) is 0 Å². The molecule has 1 heterocycles. The highest BCUT2D eigenvalue weighted by atomic mass is 32.2. The first-order valence-electron chi connectivity index (χ1n) is 8.09. The minimum atomic E-state index is -3.81. The molecular weight excluding hydrogens is 327 g/mol. The summed E-state index contributed by atoms with van der Waals surface area (Å²) >= 11 is 0. The third-order valence-corrected chi connectivity index (χ3v) is 5.58. The zero-order valence-electron chi connectivity index (χ0n) is 15.5. The highest BCUT2D eigenvalue weighted by molar-refractivity contribution is 7.86. The molecule has 1 fully saturated rings. The molecule has 0 radical (unpaired) electrons. The minimum absolute atomic E-state index is 0.110. The summed E-state index contributed by atoms with van der Waals surface area (Å²) in [5, 5.41) is 0. The number of benzene rings is 1. The Morgan fingerprint density at radius 1 is 1.08 bits per heavy atom. The fraction of sp³-hybridized carbons (Fsp3) is 0.647. The van der Waals surface area contributed by atoms with Crippen LogP contribution in [0.15, 0.2) is 29.2 Å². The smallest absolute Gasteiger partial charge is 0.399 e. The third-order valence-electron chi connectivity index (χ3n) is 4.32. The van der Waals surface area contributed by atoms with Crippen LogP contribution in [-0.4, -0.2) is 33.3 Å². The van der Waals surface area contributed by atoms with Crippen molar-refractivity contribution in [3.05, 3.63) is 24.3 Å². The van der Waals surface area contributed by atoms with E-state index in [4.69, 9.17) is 13.5 Å². The van der Waals surface area contributed by atoms with Gasteiger partial charge in [0.1, 0.15) is 0 Å². The molecule has 134 valence electrons. The van der Waals surface area contributed by atoms with Crippen LogP contribution in [0.5, 0.6) is 0 Å². The van der Waals surface area contributed by atoms with Gasteiger partial charge in [-0.05, 0) is 50.7 Å². The topological polar surface area (TPSA) is 61.8 Å². The van der Waals surface area contributed by atoms with Crippen LogP contribution < -0.4 is 5.46 Å². The van der Waals surface area contributed by atoms with E-state index in [1.54, 1.807) is 18.2 Å². The van der Waals surface area contributed by atoms with Gasteiger partial charge in [-0.25, -0.2) is 0 Å². The molecule has 1 saturated heterocycles. The van der Waals surface area contributed by atoms with E-state index >= 15 is 0 Å². The summed E-state index contributed by atoms with van der Waals surface area (Å²) in [6.45, 7) is 13.7. The minimum Gasteiger partial charge on any atom is -0.399 e. The maximum atomic E-state index is 12.4.